The summed E-state index contributed by atoms with van der Waals surface area (Å²) in [6, 6.07) is 2.61. The first-order valence-corrected chi connectivity index (χ1v) is 7.91. The highest BCUT2D eigenvalue weighted by molar-refractivity contribution is 5.94. The van der Waals surface area contributed by atoms with E-state index in [0.29, 0.717) is 19.5 Å². The van der Waals surface area contributed by atoms with Crippen LogP contribution < -0.4 is 4.74 Å². The predicted molar refractivity (Wildman–Crippen MR) is 81.3 cm³/mol. The molecule has 1 saturated heterocycles. The monoisotopic (exact) mass is 360 g/mol. The van der Waals surface area contributed by atoms with Crippen molar-refractivity contribution in [3.05, 3.63) is 23.9 Å². The maximum absolute atomic E-state index is 12.5. The van der Waals surface area contributed by atoms with Crippen molar-refractivity contribution in [2.75, 3.05) is 19.7 Å². The molecule has 2 rings (SSSR count). The van der Waals surface area contributed by atoms with Crippen LogP contribution in [0.4, 0.5) is 13.2 Å². The summed E-state index contributed by atoms with van der Waals surface area (Å²) >= 11 is 0. The van der Waals surface area contributed by atoms with E-state index in [9.17, 15) is 22.8 Å². The van der Waals surface area contributed by atoms with Crippen molar-refractivity contribution in [3.8, 4) is 5.88 Å². The number of amides is 1. The number of piperidine rings is 1. The van der Waals surface area contributed by atoms with Crippen LogP contribution in [0.15, 0.2) is 18.3 Å². The molecule has 9 heteroatoms. The summed E-state index contributed by atoms with van der Waals surface area (Å²) < 4.78 is 41.1. The second-order valence-corrected chi connectivity index (χ2v) is 5.98. The number of hydrogen-bond donors (Lipinski definition) is 1. The molecule has 0 spiro atoms. The molecule has 0 bridgehead atoms. The Kier molecular flexibility index (Phi) is 6.22. The van der Waals surface area contributed by atoms with Gasteiger partial charge in [0.2, 0.25) is 5.88 Å². The molecular formula is C16H19F3N2O4. The second-order valence-electron chi connectivity index (χ2n) is 5.98. The van der Waals surface area contributed by atoms with Gasteiger partial charge in [-0.15, -0.1) is 0 Å². The molecule has 1 aromatic rings. The molecule has 138 valence electrons. The SMILES string of the molecule is O=C(O)CCC1CCCN(C(=O)c2ccnc(OCC(F)(F)F)c2)C1. The first-order chi connectivity index (χ1) is 11.7. The second kappa shape index (κ2) is 8.17. The van der Waals surface area contributed by atoms with Crippen molar-refractivity contribution in [2.45, 2.75) is 31.9 Å². The van der Waals surface area contributed by atoms with E-state index in [-0.39, 0.29) is 29.7 Å². The quantitative estimate of drug-likeness (QED) is 0.844. The minimum absolute atomic E-state index is 0.0530. The maximum atomic E-state index is 12.5. The van der Waals surface area contributed by atoms with Gasteiger partial charge in [-0.1, -0.05) is 0 Å². The van der Waals surface area contributed by atoms with Gasteiger partial charge in [-0.3, -0.25) is 9.59 Å². The van der Waals surface area contributed by atoms with E-state index in [1.807, 2.05) is 0 Å². The Bertz CT molecular complexity index is 622. The third-order valence-corrected chi connectivity index (χ3v) is 3.94. The maximum Gasteiger partial charge on any atom is 0.422 e. The average Bonchev–Trinajstić information content (AvgIpc) is 2.57. The molecule has 1 N–H and O–H groups in total. The minimum Gasteiger partial charge on any atom is -0.481 e. The number of aliphatic carboxylic acids is 1. The Morgan fingerprint density at radius 3 is 2.84 bits per heavy atom. The predicted octanol–water partition coefficient (Wildman–Crippen LogP) is 2.74. The highest BCUT2D eigenvalue weighted by atomic mass is 19.4. The van der Waals surface area contributed by atoms with Gasteiger partial charge < -0.3 is 14.7 Å². The number of pyridine rings is 1. The Balaban J connectivity index is 1.98. The van der Waals surface area contributed by atoms with E-state index in [1.165, 1.54) is 18.3 Å². The number of nitrogens with zero attached hydrogens (tertiary/aromatic N) is 2. The van der Waals surface area contributed by atoms with Crippen molar-refractivity contribution >= 4 is 11.9 Å². The van der Waals surface area contributed by atoms with Gasteiger partial charge in [0.1, 0.15) is 0 Å². The molecule has 1 aromatic heterocycles. The molecule has 1 aliphatic rings. The van der Waals surface area contributed by atoms with Gasteiger partial charge >= 0.3 is 12.1 Å². The molecule has 0 radical (unpaired) electrons. The molecule has 1 fully saturated rings. The zero-order chi connectivity index (χ0) is 18.4. The molecule has 0 aromatic carbocycles. The summed E-state index contributed by atoms with van der Waals surface area (Å²) in [5, 5.41) is 8.75. The van der Waals surface area contributed by atoms with Gasteiger partial charge in [-0.05, 0) is 31.2 Å². The zero-order valence-corrected chi connectivity index (χ0v) is 13.5. The number of ether oxygens (including phenoxy) is 1. The normalized spacial score (nSPS) is 18.0. The van der Waals surface area contributed by atoms with Crippen LogP contribution in [0, 0.1) is 5.92 Å². The van der Waals surface area contributed by atoms with Crippen LogP contribution in [-0.4, -0.2) is 52.7 Å². The van der Waals surface area contributed by atoms with E-state index < -0.39 is 18.8 Å². The fourth-order valence-corrected chi connectivity index (χ4v) is 2.77. The molecule has 1 unspecified atom stereocenters. The standard InChI is InChI=1S/C16H19F3N2O4/c17-16(18,19)10-25-13-8-12(5-6-20-13)15(24)21-7-1-2-11(9-21)3-4-14(22)23/h5-6,8,11H,1-4,7,9-10H2,(H,22,23). The number of carboxylic acids is 1. The van der Waals surface area contributed by atoms with Crippen LogP contribution in [0.25, 0.3) is 0 Å². The van der Waals surface area contributed by atoms with Crippen LogP contribution in [0.5, 0.6) is 5.88 Å². The van der Waals surface area contributed by atoms with Gasteiger partial charge in [0.15, 0.2) is 6.61 Å². The minimum atomic E-state index is -4.48. The number of aromatic nitrogens is 1. The van der Waals surface area contributed by atoms with Gasteiger partial charge in [-0.25, -0.2) is 4.98 Å². The summed E-state index contributed by atoms with van der Waals surface area (Å²) in [6.45, 7) is -0.505. The van der Waals surface area contributed by atoms with E-state index in [4.69, 9.17) is 5.11 Å². The van der Waals surface area contributed by atoms with Gasteiger partial charge in [0.05, 0.1) is 0 Å². The van der Waals surface area contributed by atoms with Crippen molar-refractivity contribution in [3.63, 3.8) is 0 Å². The van der Waals surface area contributed by atoms with E-state index in [0.717, 1.165) is 12.8 Å². The Morgan fingerprint density at radius 2 is 2.16 bits per heavy atom. The molecule has 0 saturated carbocycles. The van der Waals surface area contributed by atoms with Crippen LogP contribution in [-0.2, 0) is 4.79 Å². The molecule has 6 nitrogen and oxygen atoms in total. The lowest BCUT2D eigenvalue weighted by atomic mass is 9.93. The lowest BCUT2D eigenvalue weighted by Gasteiger charge is -2.32. The van der Waals surface area contributed by atoms with Crippen LogP contribution in [0.1, 0.15) is 36.0 Å². The fraction of sp³-hybridized carbons (Fsp3) is 0.562. The summed E-state index contributed by atoms with van der Waals surface area (Å²) in [5.74, 6) is -1.34. The van der Waals surface area contributed by atoms with Gasteiger partial charge in [-0.2, -0.15) is 13.2 Å². The van der Waals surface area contributed by atoms with Crippen molar-refractivity contribution < 1.29 is 32.6 Å². The van der Waals surface area contributed by atoms with Crippen LogP contribution in [0.3, 0.4) is 0 Å². The largest absolute Gasteiger partial charge is 0.481 e. The van der Waals surface area contributed by atoms with Crippen molar-refractivity contribution in [2.24, 2.45) is 5.92 Å². The molecule has 25 heavy (non-hydrogen) atoms. The molecule has 2 heterocycles. The first kappa shape index (κ1) is 19.0. The lowest BCUT2D eigenvalue weighted by molar-refractivity contribution is -0.154. The summed E-state index contributed by atoms with van der Waals surface area (Å²) in [4.78, 5) is 28.5. The number of rotatable bonds is 6. The van der Waals surface area contributed by atoms with Crippen LogP contribution >= 0.6 is 0 Å². The molecule has 1 atom stereocenters. The molecular weight excluding hydrogens is 341 g/mol. The zero-order valence-electron chi connectivity index (χ0n) is 13.5. The topological polar surface area (TPSA) is 79.7 Å². The Morgan fingerprint density at radius 1 is 1.40 bits per heavy atom. The van der Waals surface area contributed by atoms with Gasteiger partial charge in [0, 0.05) is 37.3 Å². The lowest BCUT2D eigenvalue weighted by Crippen LogP contribution is -2.40. The number of carboxylic acid groups (broad SMARTS) is 1. The number of hydrogen-bond acceptors (Lipinski definition) is 4. The van der Waals surface area contributed by atoms with Crippen LogP contribution in [0.2, 0.25) is 0 Å². The number of carbonyl (C=O) groups is 2. The summed E-state index contributed by atoms with van der Waals surface area (Å²) in [7, 11) is 0. The third-order valence-electron chi connectivity index (χ3n) is 3.94. The van der Waals surface area contributed by atoms with Crippen molar-refractivity contribution in [1.82, 2.24) is 9.88 Å². The Hall–Kier alpha value is -2.32. The number of likely N-dealkylation sites (tertiary alicyclic amines) is 1. The number of halogens is 3. The molecule has 1 aliphatic heterocycles. The fourth-order valence-electron chi connectivity index (χ4n) is 2.77. The van der Waals surface area contributed by atoms with Gasteiger partial charge in [0.25, 0.3) is 5.91 Å². The average molecular weight is 360 g/mol. The third kappa shape index (κ3) is 6.24. The smallest absolute Gasteiger partial charge is 0.422 e. The van der Waals surface area contributed by atoms with E-state index in [2.05, 4.69) is 9.72 Å². The van der Waals surface area contributed by atoms with E-state index >= 15 is 0 Å². The highest BCUT2D eigenvalue weighted by Gasteiger charge is 2.29. The van der Waals surface area contributed by atoms with Crippen molar-refractivity contribution in [1.29, 1.82) is 0 Å². The summed E-state index contributed by atoms with van der Waals surface area (Å²) in [6.07, 6.45) is -1.09. The number of carbonyl (C=O) groups excluding carboxylic acids is 1. The highest BCUT2D eigenvalue weighted by Crippen LogP contribution is 2.23. The first-order valence-electron chi connectivity index (χ1n) is 7.91. The van der Waals surface area contributed by atoms with E-state index in [1.54, 1.807) is 4.90 Å². The molecule has 0 aliphatic carbocycles. The summed E-state index contributed by atoms with van der Waals surface area (Å²) in [5.41, 5.74) is 0.200. The number of alkyl halides is 3. The Labute approximate surface area is 142 Å². The molecule has 1 amide bonds.